The molecule has 0 radical (unpaired) electrons. The minimum Gasteiger partial charge on any atom is -0.497 e. The van der Waals surface area contributed by atoms with Crippen molar-refractivity contribution in [1.82, 2.24) is 10.2 Å². The van der Waals surface area contributed by atoms with Crippen molar-refractivity contribution >= 4 is 5.91 Å². The monoisotopic (exact) mass is 368 g/mol. The van der Waals surface area contributed by atoms with Gasteiger partial charge in [-0.1, -0.05) is 30.3 Å². The van der Waals surface area contributed by atoms with Gasteiger partial charge in [-0.15, -0.1) is 0 Å². The zero-order chi connectivity index (χ0) is 19.1. The molecule has 0 bridgehead atoms. The lowest BCUT2D eigenvalue weighted by atomic mass is 9.94. The Morgan fingerprint density at radius 2 is 1.81 bits per heavy atom. The lowest BCUT2D eigenvalue weighted by Gasteiger charge is -2.19. The topological polar surface area (TPSA) is 50.8 Å². The molecule has 2 aromatic rings. The molecule has 3 rings (SSSR count). The summed E-state index contributed by atoms with van der Waals surface area (Å²) in [5.41, 5.74) is 1.23. The Balaban J connectivity index is 1.54. The summed E-state index contributed by atoms with van der Waals surface area (Å²) in [6, 6.07) is 18.2. The second-order valence-corrected chi connectivity index (χ2v) is 6.96. The van der Waals surface area contributed by atoms with Crippen LogP contribution in [-0.4, -0.2) is 50.2 Å². The van der Waals surface area contributed by atoms with E-state index in [4.69, 9.17) is 9.47 Å². The van der Waals surface area contributed by atoms with E-state index in [1.54, 1.807) is 14.0 Å². The number of benzene rings is 2. The third-order valence-electron chi connectivity index (χ3n) is 4.96. The van der Waals surface area contributed by atoms with Gasteiger partial charge in [0.15, 0.2) is 0 Å². The van der Waals surface area contributed by atoms with Gasteiger partial charge in [-0.05, 0) is 36.2 Å². The van der Waals surface area contributed by atoms with Crippen molar-refractivity contribution in [3.63, 3.8) is 0 Å². The molecule has 0 spiro atoms. The van der Waals surface area contributed by atoms with E-state index in [2.05, 4.69) is 22.3 Å². The van der Waals surface area contributed by atoms with Gasteiger partial charge in [0, 0.05) is 38.5 Å². The molecule has 1 heterocycles. The smallest absolute Gasteiger partial charge is 0.217 e. The Kier molecular flexibility index (Phi) is 6.71. The maximum absolute atomic E-state index is 11.6. The summed E-state index contributed by atoms with van der Waals surface area (Å²) in [7, 11) is 1.67. The molecule has 1 N–H and O–H groups in total. The highest BCUT2D eigenvalue weighted by Gasteiger charge is 2.34. The third kappa shape index (κ3) is 5.47. The van der Waals surface area contributed by atoms with Crippen molar-refractivity contribution in [2.75, 3.05) is 33.4 Å². The molecule has 1 saturated heterocycles. The van der Waals surface area contributed by atoms with Crippen LogP contribution in [0.5, 0.6) is 11.5 Å². The molecule has 2 aromatic carbocycles. The van der Waals surface area contributed by atoms with Crippen molar-refractivity contribution in [1.29, 1.82) is 0 Å². The molecule has 5 heteroatoms. The molecule has 0 unspecified atom stereocenters. The molecule has 1 aliphatic rings. The standard InChI is InChI=1S/C22H28N2O3/c1-17(25)23-22-16-24(13-6-14-27-20-7-4-3-5-8-20)15-21(22)18-9-11-19(26-2)12-10-18/h3-5,7-12,21-22H,6,13-16H2,1-2H3,(H,23,25)/t21-,22+/m0/s1. The van der Waals surface area contributed by atoms with Gasteiger partial charge in [0.05, 0.1) is 13.7 Å². The summed E-state index contributed by atoms with van der Waals surface area (Å²) in [4.78, 5) is 14.0. The SMILES string of the molecule is COc1ccc([C@@H]2CN(CCCOc3ccccc3)C[C@H]2NC(C)=O)cc1. The number of nitrogens with zero attached hydrogens (tertiary/aromatic N) is 1. The molecule has 27 heavy (non-hydrogen) atoms. The van der Waals surface area contributed by atoms with Crippen LogP contribution in [0.2, 0.25) is 0 Å². The maximum atomic E-state index is 11.6. The summed E-state index contributed by atoms with van der Waals surface area (Å²) < 4.78 is 11.0. The zero-order valence-corrected chi connectivity index (χ0v) is 16.1. The van der Waals surface area contributed by atoms with Crippen LogP contribution in [0.1, 0.15) is 24.8 Å². The lowest BCUT2D eigenvalue weighted by Crippen LogP contribution is -2.38. The number of hydrogen-bond donors (Lipinski definition) is 1. The number of para-hydroxylation sites is 1. The summed E-state index contributed by atoms with van der Waals surface area (Å²) in [6.45, 7) is 5.03. The highest BCUT2D eigenvalue weighted by Crippen LogP contribution is 2.29. The van der Waals surface area contributed by atoms with E-state index >= 15 is 0 Å². The molecule has 0 aliphatic carbocycles. The second-order valence-electron chi connectivity index (χ2n) is 6.96. The predicted molar refractivity (Wildman–Crippen MR) is 106 cm³/mol. The van der Waals surface area contributed by atoms with E-state index in [0.29, 0.717) is 6.61 Å². The molecule has 1 fully saturated rings. The van der Waals surface area contributed by atoms with Crippen LogP contribution in [0.25, 0.3) is 0 Å². The number of nitrogens with one attached hydrogen (secondary N) is 1. The second kappa shape index (κ2) is 9.42. The quantitative estimate of drug-likeness (QED) is 0.728. The molecular formula is C22H28N2O3. The largest absolute Gasteiger partial charge is 0.497 e. The number of rotatable bonds is 8. The number of carbonyl (C=O) groups excluding carboxylic acids is 1. The van der Waals surface area contributed by atoms with Gasteiger partial charge in [-0.2, -0.15) is 0 Å². The summed E-state index contributed by atoms with van der Waals surface area (Å²) in [6.07, 6.45) is 0.955. The molecule has 144 valence electrons. The van der Waals surface area contributed by atoms with E-state index in [-0.39, 0.29) is 17.9 Å². The van der Waals surface area contributed by atoms with Crippen LogP contribution in [-0.2, 0) is 4.79 Å². The number of carbonyl (C=O) groups is 1. The number of amides is 1. The van der Waals surface area contributed by atoms with Crippen molar-refractivity contribution in [2.24, 2.45) is 0 Å². The fourth-order valence-corrected chi connectivity index (χ4v) is 3.66. The third-order valence-corrected chi connectivity index (χ3v) is 4.96. The highest BCUT2D eigenvalue weighted by molar-refractivity contribution is 5.73. The van der Waals surface area contributed by atoms with Gasteiger partial charge in [0.2, 0.25) is 5.91 Å². The van der Waals surface area contributed by atoms with E-state index in [1.165, 1.54) is 5.56 Å². The van der Waals surface area contributed by atoms with E-state index in [9.17, 15) is 4.79 Å². The summed E-state index contributed by atoms with van der Waals surface area (Å²) >= 11 is 0. The normalized spacial score (nSPS) is 19.6. The Hall–Kier alpha value is -2.53. The van der Waals surface area contributed by atoms with E-state index < -0.39 is 0 Å². The van der Waals surface area contributed by atoms with Crippen LogP contribution >= 0.6 is 0 Å². The fourth-order valence-electron chi connectivity index (χ4n) is 3.66. The minimum absolute atomic E-state index is 0.0211. The predicted octanol–water partition coefficient (Wildman–Crippen LogP) is 3.07. The molecule has 0 aromatic heterocycles. The minimum atomic E-state index is 0.0211. The number of likely N-dealkylation sites (tertiary alicyclic amines) is 1. The molecule has 0 saturated carbocycles. The first-order valence-corrected chi connectivity index (χ1v) is 9.47. The Labute approximate surface area is 161 Å². The Morgan fingerprint density at radius 1 is 1.07 bits per heavy atom. The van der Waals surface area contributed by atoms with Crippen LogP contribution in [0.4, 0.5) is 0 Å². The van der Waals surface area contributed by atoms with Crippen molar-refractivity contribution in [2.45, 2.75) is 25.3 Å². The molecule has 5 nitrogen and oxygen atoms in total. The number of methoxy groups -OCH3 is 1. The van der Waals surface area contributed by atoms with E-state index in [0.717, 1.165) is 37.6 Å². The molecule has 1 aliphatic heterocycles. The lowest BCUT2D eigenvalue weighted by molar-refractivity contribution is -0.119. The first kappa shape index (κ1) is 19.2. The van der Waals surface area contributed by atoms with E-state index in [1.807, 2.05) is 42.5 Å². The molecule has 1 amide bonds. The average molecular weight is 368 g/mol. The number of hydrogen-bond acceptors (Lipinski definition) is 4. The Morgan fingerprint density at radius 3 is 2.48 bits per heavy atom. The van der Waals surface area contributed by atoms with Crippen molar-refractivity contribution in [3.05, 3.63) is 60.2 Å². The van der Waals surface area contributed by atoms with Gasteiger partial charge in [-0.3, -0.25) is 4.79 Å². The van der Waals surface area contributed by atoms with Gasteiger partial charge < -0.3 is 19.7 Å². The molecule has 2 atom stereocenters. The van der Waals surface area contributed by atoms with Crippen LogP contribution < -0.4 is 14.8 Å². The highest BCUT2D eigenvalue weighted by atomic mass is 16.5. The van der Waals surface area contributed by atoms with Gasteiger partial charge in [-0.25, -0.2) is 0 Å². The average Bonchev–Trinajstić information content (AvgIpc) is 3.08. The van der Waals surface area contributed by atoms with Crippen molar-refractivity contribution < 1.29 is 14.3 Å². The zero-order valence-electron chi connectivity index (χ0n) is 16.1. The van der Waals surface area contributed by atoms with Crippen LogP contribution in [0, 0.1) is 0 Å². The Bertz CT molecular complexity index is 718. The number of ether oxygens (including phenoxy) is 2. The van der Waals surface area contributed by atoms with Gasteiger partial charge in [0.1, 0.15) is 11.5 Å². The fraction of sp³-hybridized carbons (Fsp3) is 0.409. The van der Waals surface area contributed by atoms with Gasteiger partial charge >= 0.3 is 0 Å². The molecular weight excluding hydrogens is 340 g/mol. The van der Waals surface area contributed by atoms with Crippen LogP contribution in [0.3, 0.4) is 0 Å². The first-order chi connectivity index (χ1) is 13.2. The maximum Gasteiger partial charge on any atom is 0.217 e. The first-order valence-electron chi connectivity index (χ1n) is 9.47. The summed E-state index contributed by atoms with van der Waals surface area (Å²) in [5, 5.41) is 3.12. The van der Waals surface area contributed by atoms with Crippen molar-refractivity contribution in [3.8, 4) is 11.5 Å². The van der Waals surface area contributed by atoms with Gasteiger partial charge in [0.25, 0.3) is 0 Å². The summed E-state index contributed by atoms with van der Waals surface area (Å²) in [5.74, 6) is 2.07. The van der Waals surface area contributed by atoms with Crippen LogP contribution in [0.15, 0.2) is 54.6 Å².